The molecule has 0 radical (unpaired) electrons. The molecule has 4 heteroatoms. The fourth-order valence-electron chi connectivity index (χ4n) is 1.93. The Morgan fingerprint density at radius 3 is 2.00 bits per heavy atom. The molecule has 0 amide bonds. The number of rotatable bonds is 3. The van der Waals surface area contributed by atoms with Crippen LogP contribution < -0.4 is 0 Å². The van der Waals surface area contributed by atoms with Crippen molar-refractivity contribution in [1.82, 2.24) is 0 Å². The lowest BCUT2D eigenvalue weighted by Crippen LogP contribution is -2.44. The molecule has 0 aromatic carbocycles. The Hall–Kier alpha value is -0.160. The number of aliphatic hydroxyl groups excluding tert-OH is 4. The first-order valence-electron chi connectivity index (χ1n) is 4.80. The van der Waals surface area contributed by atoms with E-state index in [1.807, 2.05) is 0 Å². The predicted octanol–water partition coefficient (Wildman–Crippen LogP) is -0.748. The average Bonchev–Trinajstić information content (AvgIpc) is 2.10. The summed E-state index contributed by atoms with van der Waals surface area (Å²) in [6.07, 6.45) is -0.0705. The van der Waals surface area contributed by atoms with E-state index in [9.17, 15) is 15.3 Å². The van der Waals surface area contributed by atoms with Gasteiger partial charge < -0.3 is 20.4 Å². The van der Waals surface area contributed by atoms with Gasteiger partial charge in [0, 0.05) is 6.61 Å². The van der Waals surface area contributed by atoms with Crippen molar-refractivity contribution in [2.24, 2.45) is 5.92 Å². The fraction of sp³-hybridized carbons (Fsp3) is 1.00. The molecule has 2 atom stereocenters. The molecular weight excluding hydrogens is 172 g/mol. The highest BCUT2D eigenvalue weighted by Crippen LogP contribution is 2.28. The monoisotopic (exact) mass is 190 g/mol. The topological polar surface area (TPSA) is 80.9 Å². The van der Waals surface area contributed by atoms with E-state index < -0.39 is 18.3 Å². The first-order valence-corrected chi connectivity index (χ1v) is 4.80. The van der Waals surface area contributed by atoms with E-state index in [4.69, 9.17) is 5.11 Å². The summed E-state index contributed by atoms with van der Waals surface area (Å²) in [6.45, 7) is 0.144. The van der Waals surface area contributed by atoms with Crippen molar-refractivity contribution in [2.45, 2.75) is 44.0 Å². The maximum atomic E-state index is 9.35. The predicted molar refractivity (Wildman–Crippen MR) is 47.1 cm³/mol. The molecule has 4 N–H and O–H groups in total. The van der Waals surface area contributed by atoms with Gasteiger partial charge in [-0.3, -0.25) is 0 Å². The third-order valence-corrected chi connectivity index (χ3v) is 2.71. The number of hydrogen-bond donors (Lipinski definition) is 4. The van der Waals surface area contributed by atoms with E-state index in [1.54, 1.807) is 0 Å². The van der Waals surface area contributed by atoms with Crippen LogP contribution in [0.2, 0.25) is 0 Å². The maximum Gasteiger partial charge on any atom is 0.106 e. The quantitative estimate of drug-likeness (QED) is 0.472. The highest BCUT2D eigenvalue weighted by molar-refractivity contribution is 4.85. The molecule has 4 nitrogen and oxygen atoms in total. The fourth-order valence-corrected chi connectivity index (χ4v) is 1.93. The minimum atomic E-state index is -0.995. The Morgan fingerprint density at radius 1 is 1.00 bits per heavy atom. The van der Waals surface area contributed by atoms with Gasteiger partial charge in [0.15, 0.2) is 0 Å². The third kappa shape index (κ3) is 2.91. The third-order valence-electron chi connectivity index (χ3n) is 2.71. The van der Waals surface area contributed by atoms with Crippen LogP contribution in [0.3, 0.4) is 0 Å². The van der Waals surface area contributed by atoms with E-state index in [-0.39, 0.29) is 12.5 Å². The van der Waals surface area contributed by atoms with Crippen molar-refractivity contribution in [3.05, 3.63) is 0 Å². The summed E-state index contributed by atoms with van der Waals surface area (Å²) in [5.41, 5.74) is 0. The Kier molecular flexibility index (Phi) is 4.12. The van der Waals surface area contributed by atoms with Crippen LogP contribution in [0.25, 0.3) is 0 Å². The average molecular weight is 190 g/mol. The van der Waals surface area contributed by atoms with Crippen LogP contribution in [-0.2, 0) is 0 Å². The molecule has 0 bridgehead atoms. The summed E-state index contributed by atoms with van der Waals surface area (Å²) in [6, 6.07) is 0. The smallest absolute Gasteiger partial charge is 0.106 e. The summed E-state index contributed by atoms with van der Waals surface area (Å²) >= 11 is 0. The van der Waals surface area contributed by atoms with E-state index in [0.29, 0.717) is 19.3 Å². The molecule has 0 aromatic rings. The van der Waals surface area contributed by atoms with Gasteiger partial charge in [0.25, 0.3) is 0 Å². The molecule has 0 aromatic heterocycles. The maximum absolute atomic E-state index is 9.35. The minimum absolute atomic E-state index is 0.144. The molecule has 13 heavy (non-hydrogen) atoms. The molecule has 1 rings (SSSR count). The Balaban J connectivity index is 2.35. The lowest BCUT2D eigenvalue weighted by molar-refractivity contribution is -0.101. The van der Waals surface area contributed by atoms with Crippen molar-refractivity contribution in [1.29, 1.82) is 0 Å². The van der Waals surface area contributed by atoms with Gasteiger partial charge in [0.1, 0.15) is 6.10 Å². The van der Waals surface area contributed by atoms with E-state index in [2.05, 4.69) is 0 Å². The standard InChI is InChI=1S/C9H18O4/c10-3-1-2-6-4-7(11)9(13)8(12)5-6/h6-13H,1-5H2. The largest absolute Gasteiger partial charge is 0.396 e. The zero-order valence-electron chi connectivity index (χ0n) is 7.63. The lowest BCUT2D eigenvalue weighted by atomic mass is 9.81. The summed E-state index contributed by atoms with van der Waals surface area (Å²) < 4.78 is 0. The molecule has 1 saturated carbocycles. The number of hydrogen-bond acceptors (Lipinski definition) is 4. The van der Waals surface area contributed by atoms with Crippen molar-refractivity contribution >= 4 is 0 Å². The van der Waals surface area contributed by atoms with Crippen molar-refractivity contribution in [3.63, 3.8) is 0 Å². The molecule has 1 aliphatic rings. The van der Waals surface area contributed by atoms with Gasteiger partial charge in [-0.25, -0.2) is 0 Å². The minimum Gasteiger partial charge on any atom is -0.396 e. The summed E-state index contributed by atoms with van der Waals surface area (Å²) in [5.74, 6) is 0.223. The van der Waals surface area contributed by atoms with Gasteiger partial charge in [-0.2, -0.15) is 0 Å². The van der Waals surface area contributed by atoms with Crippen LogP contribution in [-0.4, -0.2) is 45.3 Å². The second-order valence-corrected chi connectivity index (χ2v) is 3.83. The lowest BCUT2D eigenvalue weighted by Gasteiger charge is -2.33. The molecule has 0 heterocycles. The van der Waals surface area contributed by atoms with Crippen molar-refractivity contribution in [3.8, 4) is 0 Å². The Labute approximate surface area is 77.8 Å². The Bertz CT molecular complexity index is 139. The summed E-state index contributed by atoms with van der Waals surface area (Å²) in [7, 11) is 0. The molecule has 2 unspecified atom stereocenters. The van der Waals surface area contributed by atoms with Crippen molar-refractivity contribution < 1.29 is 20.4 Å². The van der Waals surface area contributed by atoms with Crippen LogP contribution in [0, 0.1) is 5.92 Å². The van der Waals surface area contributed by atoms with E-state index in [0.717, 1.165) is 6.42 Å². The molecule has 0 aliphatic heterocycles. The van der Waals surface area contributed by atoms with E-state index >= 15 is 0 Å². The van der Waals surface area contributed by atoms with E-state index in [1.165, 1.54) is 0 Å². The van der Waals surface area contributed by atoms with Gasteiger partial charge in [-0.15, -0.1) is 0 Å². The zero-order valence-corrected chi connectivity index (χ0v) is 7.63. The van der Waals surface area contributed by atoms with Gasteiger partial charge in [0.05, 0.1) is 12.2 Å². The number of aliphatic hydroxyl groups is 4. The highest BCUT2D eigenvalue weighted by atomic mass is 16.4. The van der Waals surface area contributed by atoms with Crippen LogP contribution in [0.5, 0.6) is 0 Å². The second-order valence-electron chi connectivity index (χ2n) is 3.83. The molecule has 78 valence electrons. The van der Waals surface area contributed by atoms with Gasteiger partial charge >= 0.3 is 0 Å². The normalized spacial score (nSPS) is 40.6. The van der Waals surface area contributed by atoms with Gasteiger partial charge in [0.2, 0.25) is 0 Å². The van der Waals surface area contributed by atoms with Crippen LogP contribution in [0.1, 0.15) is 25.7 Å². The molecule has 0 spiro atoms. The molecule has 1 aliphatic carbocycles. The highest BCUT2D eigenvalue weighted by Gasteiger charge is 2.33. The second kappa shape index (κ2) is 4.91. The summed E-state index contributed by atoms with van der Waals surface area (Å²) in [4.78, 5) is 0. The summed E-state index contributed by atoms with van der Waals surface area (Å²) in [5, 5.41) is 36.5. The first kappa shape index (κ1) is 10.9. The first-order chi connectivity index (χ1) is 6.15. The van der Waals surface area contributed by atoms with Gasteiger partial charge in [-0.05, 0) is 31.6 Å². The zero-order chi connectivity index (χ0) is 9.84. The van der Waals surface area contributed by atoms with Crippen molar-refractivity contribution in [2.75, 3.05) is 6.61 Å². The van der Waals surface area contributed by atoms with Gasteiger partial charge in [-0.1, -0.05) is 0 Å². The van der Waals surface area contributed by atoms with Crippen LogP contribution in [0.15, 0.2) is 0 Å². The Morgan fingerprint density at radius 2 is 1.54 bits per heavy atom. The van der Waals surface area contributed by atoms with Crippen LogP contribution in [0.4, 0.5) is 0 Å². The SMILES string of the molecule is OCCCC1CC(O)C(O)C(O)C1. The molecule has 1 fully saturated rings. The molecule has 0 saturated heterocycles. The molecular formula is C9H18O4. The van der Waals surface area contributed by atoms with Crippen LogP contribution >= 0.6 is 0 Å².